The molecule has 8 nitrogen and oxygen atoms in total. The topological polar surface area (TPSA) is 105 Å². The normalized spacial score (nSPS) is 17.7. The number of nitrogens with zero attached hydrogens (tertiary/aromatic N) is 3. The first-order chi connectivity index (χ1) is 11.2. The molecule has 1 atom stereocenters. The van der Waals surface area contributed by atoms with E-state index >= 15 is 0 Å². The van der Waals surface area contributed by atoms with Crippen molar-refractivity contribution in [1.82, 2.24) is 19.4 Å². The summed E-state index contributed by atoms with van der Waals surface area (Å²) in [6, 6.07) is 0.116. The van der Waals surface area contributed by atoms with E-state index in [1.165, 1.54) is 17.6 Å². The summed E-state index contributed by atoms with van der Waals surface area (Å²) in [6.07, 6.45) is 5.05. The van der Waals surface area contributed by atoms with Gasteiger partial charge in [-0.3, -0.25) is 4.68 Å². The smallest absolute Gasteiger partial charge is 0.356 e. The molecule has 2 N–H and O–H groups in total. The van der Waals surface area contributed by atoms with E-state index in [-0.39, 0.29) is 11.7 Å². The van der Waals surface area contributed by atoms with E-state index in [2.05, 4.69) is 17.0 Å². The molecule has 0 fully saturated rings. The van der Waals surface area contributed by atoms with Crippen molar-refractivity contribution in [3.63, 3.8) is 0 Å². The summed E-state index contributed by atoms with van der Waals surface area (Å²) < 4.78 is 25.7. The van der Waals surface area contributed by atoms with E-state index in [9.17, 15) is 18.3 Å². The fourth-order valence-corrected chi connectivity index (χ4v) is 3.32. The molecule has 1 aromatic rings. The van der Waals surface area contributed by atoms with Crippen LogP contribution in [-0.2, 0) is 29.4 Å². The standard InChI is InChI=1S/C15H24N4O4S/c1-4-8-19-13-6-5-11(10-12(13)14(17-19)15(20)21)16-7-9-18(2)24(3,22)23/h4,11,16H,1,5-10H2,2-3H3,(H,20,21)/t11-/m1/s1. The number of rotatable bonds is 8. The molecular weight excluding hydrogens is 332 g/mol. The highest BCUT2D eigenvalue weighted by atomic mass is 32.2. The molecule has 1 aliphatic carbocycles. The fourth-order valence-electron chi connectivity index (χ4n) is 2.90. The monoisotopic (exact) mass is 356 g/mol. The fraction of sp³-hybridized carbons (Fsp3) is 0.600. The van der Waals surface area contributed by atoms with Crippen molar-refractivity contribution >= 4 is 16.0 Å². The minimum Gasteiger partial charge on any atom is -0.476 e. The number of hydrogen-bond acceptors (Lipinski definition) is 5. The molecule has 0 bridgehead atoms. The highest BCUT2D eigenvalue weighted by Crippen LogP contribution is 2.25. The summed E-state index contributed by atoms with van der Waals surface area (Å²) in [7, 11) is -1.64. The molecule has 0 unspecified atom stereocenters. The van der Waals surface area contributed by atoms with Gasteiger partial charge in [0.15, 0.2) is 5.69 Å². The van der Waals surface area contributed by atoms with Crippen molar-refractivity contribution < 1.29 is 18.3 Å². The third kappa shape index (κ3) is 4.22. The molecule has 0 saturated carbocycles. The molecular formula is C15H24N4O4S. The molecule has 2 rings (SSSR count). The van der Waals surface area contributed by atoms with Gasteiger partial charge in [0, 0.05) is 37.4 Å². The maximum absolute atomic E-state index is 11.4. The van der Waals surface area contributed by atoms with Gasteiger partial charge in [-0.1, -0.05) is 6.08 Å². The Morgan fingerprint density at radius 1 is 1.58 bits per heavy atom. The number of allylic oxidation sites excluding steroid dienone is 1. The third-order valence-corrected chi connectivity index (χ3v) is 5.59. The van der Waals surface area contributed by atoms with Gasteiger partial charge < -0.3 is 10.4 Å². The van der Waals surface area contributed by atoms with Gasteiger partial charge in [0.2, 0.25) is 10.0 Å². The largest absolute Gasteiger partial charge is 0.476 e. The average molecular weight is 356 g/mol. The van der Waals surface area contributed by atoms with E-state index in [1.54, 1.807) is 10.8 Å². The average Bonchev–Trinajstić information content (AvgIpc) is 2.85. The van der Waals surface area contributed by atoms with E-state index in [1.807, 2.05) is 0 Å². The lowest BCUT2D eigenvalue weighted by atomic mass is 9.91. The summed E-state index contributed by atoms with van der Waals surface area (Å²) >= 11 is 0. The van der Waals surface area contributed by atoms with E-state index in [4.69, 9.17) is 0 Å². The number of sulfonamides is 1. The Morgan fingerprint density at radius 2 is 2.29 bits per heavy atom. The number of nitrogens with one attached hydrogen (secondary N) is 1. The number of likely N-dealkylation sites (N-methyl/N-ethyl adjacent to an activating group) is 1. The van der Waals surface area contributed by atoms with Crippen molar-refractivity contribution in [1.29, 1.82) is 0 Å². The van der Waals surface area contributed by atoms with Crippen LogP contribution in [0.25, 0.3) is 0 Å². The van der Waals surface area contributed by atoms with Crippen molar-refractivity contribution in [2.24, 2.45) is 0 Å². The second-order valence-electron chi connectivity index (χ2n) is 6.03. The zero-order chi connectivity index (χ0) is 17.9. The van der Waals surface area contributed by atoms with Gasteiger partial charge in [-0.25, -0.2) is 17.5 Å². The Kier molecular flexibility index (Phi) is 5.79. The van der Waals surface area contributed by atoms with Gasteiger partial charge in [0.05, 0.1) is 12.8 Å². The number of aromatic carboxylic acids is 1. The molecule has 1 heterocycles. The predicted molar refractivity (Wildman–Crippen MR) is 90.7 cm³/mol. The number of fused-ring (bicyclic) bond motifs is 1. The molecule has 24 heavy (non-hydrogen) atoms. The molecule has 0 radical (unpaired) electrons. The van der Waals surface area contributed by atoms with Crippen LogP contribution in [0.4, 0.5) is 0 Å². The van der Waals surface area contributed by atoms with Crippen molar-refractivity contribution in [2.45, 2.75) is 31.8 Å². The van der Waals surface area contributed by atoms with Crippen molar-refractivity contribution in [3.8, 4) is 0 Å². The van der Waals surface area contributed by atoms with Crippen LogP contribution in [0, 0.1) is 0 Å². The number of hydrogen-bond donors (Lipinski definition) is 2. The number of carbonyl (C=O) groups is 1. The Balaban J connectivity index is 2.03. The number of carboxylic acid groups (broad SMARTS) is 1. The van der Waals surface area contributed by atoms with Crippen LogP contribution in [0.15, 0.2) is 12.7 Å². The quantitative estimate of drug-likeness (QED) is 0.641. The minimum absolute atomic E-state index is 0.103. The summed E-state index contributed by atoms with van der Waals surface area (Å²) in [5, 5.41) is 16.9. The zero-order valence-electron chi connectivity index (χ0n) is 14.0. The van der Waals surface area contributed by atoms with Crippen LogP contribution in [0.2, 0.25) is 0 Å². The number of aromatic nitrogens is 2. The van der Waals surface area contributed by atoms with Crippen molar-refractivity contribution in [3.05, 3.63) is 29.6 Å². The van der Waals surface area contributed by atoms with Crippen LogP contribution in [-0.4, -0.2) is 66.0 Å². The predicted octanol–water partition coefficient (Wildman–Crippen LogP) is 0.106. The molecule has 1 aliphatic rings. The van der Waals surface area contributed by atoms with Gasteiger partial charge in [-0.2, -0.15) is 5.10 Å². The molecule has 9 heteroatoms. The van der Waals surface area contributed by atoms with E-state index in [0.29, 0.717) is 26.1 Å². The van der Waals surface area contributed by atoms with Gasteiger partial charge in [0.1, 0.15) is 0 Å². The summed E-state index contributed by atoms with van der Waals surface area (Å²) in [6.45, 7) is 5.07. The maximum atomic E-state index is 11.4. The lowest BCUT2D eigenvalue weighted by Gasteiger charge is -2.25. The Morgan fingerprint density at radius 3 is 2.88 bits per heavy atom. The van der Waals surface area contributed by atoms with Gasteiger partial charge >= 0.3 is 5.97 Å². The molecule has 0 amide bonds. The van der Waals surface area contributed by atoms with Crippen LogP contribution >= 0.6 is 0 Å². The summed E-state index contributed by atoms with van der Waals surface area (Å²) in [5.74, 6) is -1.02. The van der Waals surface area contributed by atoms with Crippen LogP contribution in [0.5, 0.6) is 0 Å². The first kappa shape index (κ1) is 18.6. The molecule has 134 valence electrons. The van der Waals surface area contributed by atoms with Crippen LogP contribution in [0.1, 0.15) is 28.2 Å². The maximum Gasteiger partial charge on any atom is 0.356 e. The van der Waals surface area contributed by atoms with Gasteiger partial charge in [-0.15, -0.1) is 6.58 Å². The van der Waals surface area contributed by atoms with Crippen LogP contribution < -0.4 is 5.32 Å². The van der Waals surface area contributed by atoms with E-state index < -0.39 is 16.0 Å². The highest BCUT2D eigenvalue weighted by Gasteiger charge is 2.28. The second kappa shape index (κ2) is 7.45. The zero-order valence-corrected chi connectivity index (χ0v) is 14.8. The third-order valence-electron chi connectivity index (χ3n) is 4.28. The molecule has 0 spiro atoms. The van der Waals surface area contributed by atoms with Crippen molar-refractivity contribution in [2.75, 3.05) is 26.4 Å². The Bertz CT molecular complexity index is 726. The Hall–Kier alpha value is -1.71. The highest BCUT2D eigenvalue weighted by molar-refractivity contribution is 7.88. The first-order valence-electron chi connectivity index (χ1n) is 7.81. The SMILES string of the molecule is C=CCn1nc(C(=O)O)c2c1CC[C@@H](NCCN(C)S(C)(=O)=O)C2. The van der Waals surface area contributed by atoms with Gasteiger partial charge in [-0.05, 0) is 19.3 Å². The summed E-state index contributed by atoms with van der Waals surface area (Å²) in [4.78, 5) is 11.4. The molecule has 0 aromatic carbocycles. The lowest BCUT2D eigenvalue weighted by molar-refractivity contribution is 0.0688. The Labute approximate surface area is 142 Å². The molecule has 0 aliphatic heterocycles. The number of carboxylic acids is 1. The lowest BCUT2D eigenvalue weighted by Crippen LogP contribution is -2.40. The van der Waals surface area contributed by atoms with Crippen LogP contribution in [0.3, 0.4) is 0 Å². The molecule has 0 saturated heterocycles. The summed E-state index contributed by atoms with van der Waals surface area (Å²) in [5.41, 5.74) is 1.83. The molecule has 1 aromatic heterocycles. The van der Waals surface area contributed by atoms with E-state index in [0.717, 1.165) is 24.1 Å². The second-order valence-corrected chi connectivity index (χ2v) is 8.12. The van der Waals surface area contributed by atoms with Gasteiger partial charge in [0.25, 0.3) is 0 Å². The minimum atomic E-state index is -3.18. The first-order valence-corrected chi connectivity index (χ1v) is 9.66.